The van der Waals surface area contributed by atoms with Crippen LogP contribution in [0.2, 0.25) is 0 Å². The van der Waals surface area contributed by atoms with Crippen molar-refractivity contribution in [2.45, 2.75) is 39.3 Å². The molecule has 2 aromatic rings. The van der Waals surface area contributed by atoms with Crippen LogP contribution in [0.15, 0.2) is 30.6 Å². The second-order valence-corrected chi connectivity index (χ2v) is 4.80. The summed E-state index contributed by atoms with van der Waals surface area (Å²) in [7, 11) is 0. The average molecular weight is 245 g/mol. The Labute approximate surface area is 107 Å². The monoisotopic (exact) mass is 245 g/mol. The fourth-order valence-electron chi connectivity index (χ4n) is 2.03. The summed E-state index contributed by atoms with van der Waals surface area (Å²) in [4.78, 5) is 4.17. The highest BCUT2D eigenvalue weighted by atomic mass is 16.3. The van der Waals surface area contributed by atoms with Crippen molar-refractivity contribution in [1.82, 2.24) is 14.8 Å². The highest BCUT2D eigenvalue weighted by Gasteiger charge is 2.17. The maximum atomic E-state index is 10.3. The molecule has 0 saturated heterocycles. The summed E-state index contributed by atoms with van der Waals surface area (Å²) in [5.41, 5.74) is 2.33. The molecular weight excluding hydrogens is 226 g/mol. The molecule has 1 aromatic carbocycles. The van der Waals surface area contributed by atoms with E-state index in [-0.39, 0.29) is 6.04 Å². The molecule has 0 aliphatic heterocycles. The van der Waals surface area contributed by atoms with Gasteiger partial charge in [-0.1, -0.05) is 24.3 Å². The predicted octanol–water partition coefficient (Wildman–Crippen LogP) is 2.44. The molecular formula is C14H19N3O. The average Bonchev–Trinajstić information content (AvgIpc) is 2.81. The molecule has 0 aliphatic carbocycles. The summed E-state index contributed by atoms with van der Waals surface area (Å²) < 4.78 is 1.77. The van der Waals surface area contributed by atoms with Crippen LogP contribution in [0.3, 0.4) is 0 Å². The number of hydrogen-bond acceptors (Lipinski definition) is 3. The summed E-state index contributed by atoms with van der Waals surface area (Å²) in [5, 5.41) is 14.4. The van der Waals surface area contributed by atoms with Crippen LogP contribution < -0.4 is 0 Å². The molecule has 0 bridgehead atoms. The van der Waals surface area contributed by atoms with Crippen molar-refractivity contribution in [2.24, 2.45) is 0 Å². The number of aromatic nitrogens is 3. The van der Waals surface area contributed by atoms with E-state index in [9.17, 15) is 5.11 Å². The Morgan fingerprint density at radius 1 is 1.28 bits per heavy atom. The minimum atomic E-state index is -0.615. The van der Waals surface area contributed by atoms with Crippen LogP contribution in [0, 0.1) is 6.92 Å². The van der Waals surface area contributed by atoms with Crippen LogP contribution in [-0.4, -0.2) is 19.9 Å². The Kier molecular flexibility index (Phi) is 3.77. The summed E-state index contributed by atoms with van der Waals surface area (Å²) in [5.74, 6) is 0.633. The van der Waals surface area contributed by atoms with Gasteiger partial charge in [0.15, 0.2) is 5.82 Å². The van der Waals surface area contributed by atoms with Crippen LogP contribution in [0.1, 0.15) is 42.9 Å². The molecule has 0 radical (unpaired) electrons. The third kappa shape index (κ3) is 2.59. The van der Waals surface area contributed by atoms with Gasteiger partial charge in [0.05, 0.1) is 0 Å². The van der Waals surface area contributed by atoms with E-state index in [1.54, 1.807) is 4.68 Å². The van der Waals surface area contributed by atoms with Crippen molar-refractivity contribution in [3.8, 4) is 0 Å². The number of aliphatic hydroxyl groups is 1. The fourth-order valence-corrected chi connectivity index (χ4v) is 2.03. The van der Waals surface area contributed by atoms with Gasteiger partial charge in [-0.25, -0.2) is 9.67 Å². The number of hydrogen-bond donors (Lipinski definition) is 1. The van der Waals surface area contributed by atoms with Gasteiger partial charge in [0, 0.05) is 12.5 Å². The van der Waals surface area contributed by atoms with Gasteiger partial charge in [0.1, 0.15) is 12.4 Å². The van der Waals surface area contributed by atoms with Crippen molar-refractivity contribution in [3.63, 3.8) is 0 Å². The summed E-state index contributed by atoms with van der Waals surface area (Å²) in [6.07, 6.45) is 1.45. The molecule has 4 nitrogen and oxygen atoms in total. The van der Waals surface area contributed by atoms with E-state index in [0.29, 0.717) is 12.2 Å². The molecule has 18 heavy (non-hydrogen) atoms. The number of benzene rings is 1. The van der Waals surface area contributed by atoms with Crippen LogP contribution in [-0.2, 0) is 6.42 Å². The van der Waals surface area contributed by atoms with Gasteiger partial charge in [-0.05, 0) is 31.9 Å². The molecule has 1 unspecified atom stereocenters. The van der Waals surface area contributed by atoms with Gasteiger partial charge in [0.2, 0.25) is 0 Å². The lowest BCUT2D eigenvalue weighted by molar-refractivity contribution is 0.159. The number of rotatable bonds is 4. The van der Waals surface area contributed by atoms with Crippen molar-refractivity contribution >= 4 is 0 Å². The summed E-state index contributed by atoms with van der Waals surface area (Å²) in [6.45, 7) is 6.10. The molecule has 0 saturated carbocycles. The first-order chi connectivity index (χ1) is 8.59. The lowest BCUT2D eigenvalue weighted by Gasteiger charge is -2.15. The lowest BCUT2D eigenvalue weighted by Crippen LogP contribution is -2.14. The quantitative estimate of drug-likeness (QED) is 0.900. The Balaban J connectivity index is 2.20. The van der Waals surface area contributed by atoms with Crippen LogP contribution in [0.4, 0.5) is 0 Å². The van der Waals surface area contributed by atoms with Gasteiger partial charge < -0.3 is 5.11 Å². The van der Waals surface area contributed by atoms with Gasteiger partial charge in [-0.3, -0.25) is 0 Å². The minimum absolute atomic E-state index is 0.203. The second-order valence-electron chi connectivity index (χ2n) is 4.80. The van der Waals surface area contributed by atoms with Gasteiger partial charge >= 0.3 is 0 Å². The SMILES string of the molecule is Cc1ccccc1CC(O)c1ncnn1C(C)C. The van der Waals surface area contributed by atoms with Crippen molar-refractivity contribution in [1.29, 1.82) is 0 Å². The molecule has 1 N–H and O–H groups in total. The fraction of sp³-hybridized carbons (Fsp3) is 0.429. The standard InChI is InChI=1S/C14H19N3O/c1-10(2)17-14(15-9-16-17)13(18)8-12-7-5-4-6-11(12)3/h4-7,9-10,13,18H,8H2,1-3H3. The Hall–Kier alpha value is -1.68. The molecule has 0 spiro atoms. The van der Waals surface area contributed by atoms with E-state index in [2.05, 4.69) is 23.1 Å². The highest BCUT2D eigenvalue weighted by molar-refractivity contribution is 5.26. The third-order valence-electron chi connectivity index (χ3n) is 3.06. The molecule has 96 valence electrons. The molecule has 0 amide bonds. The smallest absolute Gasteiger partial charge is 0.156 e. The first kappa shape index (κ1) is 12.8. The van der Waals surface area contributed by atoms with E-state index in [1.807, 2.05) is 32.0 Å². The Morgan fingerprint density at radius 2 is 2.00 bits per heavy atom. The second kappa shape index (κ2) is 5.31. The maximum absolute atomic E-state index is 10.3. The number of nitrogens with zero attached hydrogens (tertiary/aromatic N) is 3. The Morgan fingerprint density at radius 3 is 2.67 bits per heavy atom. The van der Waals surface area contributed by atoms with E-state index in [0.717, 1.165) is 5.56 Å². The molecule has 4 heteroatoms. The maximum Gasteiger partial charge on any atom is 0.156 e. The molecule has 0 aliphatic rings. The van der Waals surface area contributed by atoms with Gasteiger partial charge in [-0.15, -0.1) is 0 Å². The molecule has 0 fully saturated rings. The molecule has 1 atom stereocenters. The normalized spacial score (nSPS) is 12.9. The van der Waals surface area contributed by atoms with Crippen LogP contribution in [0.25, 0.3) is 0 Å². The van der Waals surface area contributed by atoms with Crippen molar-refractivity contribution in [2.75, 3.05) is 0 Å². The third-order valence-corrected chi connectivity index (χ3v) is 3.06. The molecule has 1 aromatic heterocycles. The zero-order valence-electron chi connectivity index (χ0n) is 11.0. The molecule has 1 heterocycles. The van der Waals surface area contributed by atoms with Crippen LogP contribution >= 0.6 is 0 Å². The van der Waals surface area contributed by atoms with E-state index < -0.39 is 6.10 Å². The highest BCUT2D eigenvalue weighted by Crippen LogP contribution is 2.20. The first-order valence-corrected chi connectivity index (χ1v) is 6.21. The van der Waals surface area contributed by atoms with E-state index in [1.165, 1.54) is 11.9 Å². The lowest BCUT2D eigenvalue weighted by atomic mass is 10.0. The topological polar surface area (TPSA) is 50.9 Å². The zero-order chi connectivity index (χ0) is 13.1. The van der Waals surface area contributed by atoms with Gasteiger partial charge in [-0.2, -0.15) is 5.10 Å². The largest absolute Gasteiger partial charge is 0.385 e. The van der Waals surface area contributed by atoms with Crippen LogP contribution in [0.5, 0.6) is 0 Å². The Bertz CT molecular complexity index is 519. The summed E-state index contributed by atoms with van der Waals surface area (Å²) >= 11 is 0. The minimum Gasteiger partial charge on any atom is -0.385 e. The zero-order valence-corrected chi connectivity index (χ0v) is 11.0. The van der Waals surface area contributed by atoms with E-state index >= 15 is 0 Å². The predicted molar refractivity (Wildman–Crippen MR) is 70.2 cm³/mol. The molecule has 2 rings (SSSR count). The summed E-state index contributed by atoms with van der Waals surface area (Å²) in [6, 6.07) is 8.28. The van der Waals surface area contributed by atoms with Gasteiger partial charge in [0.25, 0.3) is 0 Å². The first-order valence-electron chi connectivity index (χ1n) is 6.21. The van der Waals surface area contributed by atoms with Crippen molar-refractivity contribution < 1.29 is 5.11 Å². The van der Waals surface area contributed by atoms with Crippen molar-refractivity contribution in [3.05, 3.63) is 47.5 Å². The van der Waals surface area contributed by atoms with E-state index in [4.69, 9.17) is 0 Å². The number of aliphatic hydroxyl groups excluding tert-OH is 1. The number of aryl methyl sites for hydroxylation is 1.